The van der Waals surface area contributed by atoms with Crippen molar-refractivity contribution in [2.24, 2.45) is 0 Å². The Balaban J connectivity index is 3.36. The summed E-state index contributed by atoms with van der Waals surface area (Å²) in [7, 11) is -4.56. The van der Waals surface area contributed by atoms with Gasteiger partial charge in [0.1, 0.15) is 0 Å². The van der Waals surface area contributed by atoms with E-state index >= 15 is 0 Å². The highest BCUT2D eigenvalue weighted by molar-refractivity contribution is 7.88. The van der Waals surface area contributed by atoms with Gasteiger partial charge in [0, 0.05) is 0 Å². The maximum absolute atomic E-state index is 12.3. The summed E-state index contributed by atoms with van der Waals surface area (Å²) in [5.41, 5.74) is 0.231. The van der Waals surface area contributed by atoms with Crippen LogP contribution >= 0.6 is 11.3 Å². The zero-order chi connectivity index (χ0) is 8.65. The molecule has 0 bridgehead atoms. The number of nitrogens with zero attached hydrogens (tertiary/aromatic N) is 1. The van der Waals surface area contributed by atoms with E-state index < -0.39 is 10.2 Å². The number of aromatic nitrogens is 1. The minimum Gasteiger partial charge on any atom is -0.245 e. The van der Waals surface area contributed by atoms with Crippen molar-refractivity contribution in [2.45, 2.75) is 18.1 Å². The number of hydrogen-bond donors (Lipinski definition) is 0. The first kappa shape index (κ1) is 8.61. The van der Waals surface area contributed by atoms with Gasteiger partial charge in [-0.05, 0) is 13.8 Å². The number of halogens is 1. The molecule has 0 aliphatic heterocycles. The minimum atomic E-state index is -4.56. The van der Waals surface area contributed by atoms with Crippen LogP contribution in [-0.4, -0.2) is 13.4 Å². The molecule has 1 rings (SSSR count). The van der Waals surface area contributed by atoms with Crippen LogP contribution in [0.2, 0.25) is 0 Å². The molecule has 0 radical (unpaired) electrons. The third kappa shape index (κ3) is 1.75. The van der Waals surface area contributed by atoms with Gasteiger partial charge in [-0.15, -0.1) is 11.3 Å². The van der Waals surface area contributed by atoms with E-state index in [0.717, 1.165) is 11.3 Å². The average molecular weight is 195 g/mol. The van der Waals surface area contributed by atoms with E-state index in [2.05, 4.69) is 4.98 Å². The zero-order valence-electron chi connectivity index (χ0n) is 5.96. The van der Waals surface area contributed by atoms with Crippen molar-refractivity contribution in [1.82, 2.24) is 4.98 Å². The molecule has 1 heterocycles. The fourth-order valence-corrected chi connectivity index (χ4v) is 2.54. The average Bonchev–Trinajstić information content (AvgIpc) is 2.08. The molecule has 0 saturated heterocycles. The second-order valence-electron chi connectivity index (χ2n) is 2.04. The van der Waals surface area contributed by atoms with Crippen molar-refractivity contribution < 1.29 is 12.3 Å². The van der Waals surface area contributed by atoms with E-state index in [1.54, 1.807) is 6.92 Å². The van der Waals surface area contributed by atoms with Crippen LogP contribution in [0.25, 0.3) is 0 Å². The number of rotatable bonds is 1. The lowest BCUT2D eigenvalue weighted by atomic mass is 10.6. The standard InChI is InChI=1S/C5H6FNO2S2/c1-3-5(11(6,8)9)10-4(2)7-3/h1-2H3. The van der Waals surface area contributed by atoms with Crippen LogP contribution in [0.4, 0.5) is 3.89 Å². The van der Waals surface area contributed by atoms with Crippen molar-refractivity contribution >= 4 is 21.6 Å². The molecule has 0 fully saturated rings. The Morgan fingerprint density at radius 2 is 2.00 bits per heavy atom. The Labute approximate surface area is 68.1 Å². The minimum absolute atomic E-state index is 0.231. The molecule has 1 aromatic heterocycles. The predicted octanol–water partition coefficient (Wildman–Crippen LogP) is 1.42. The SMILES string of the molecule is Cc1nc(C)c(S(=O)(=O)F)s1. The molecule has 6 heteroatoms. The van der Waals surface area contributed by atoms with E-state index in [1.807, 2.05) is 0 Å². The molecule has 0 N–H and O–H groups in total. The summed E-state index contributed by atoms with van der Waals surface area (Å²) in [6.07, 6.45) is 0. The third-order valence-corrected chi connectivity index (χ3v) is 3.54. The van der Waals surface area contributed by atoms with Gasteiger partial charge < -0.3 is 0 Å². The molecule has 0 aliphatic carbocycles. The summed E-state index contributed by atoms with van der Waals surface area (Å²) in [5, 5.41) is 0.554. The van der Waals surface area contributed by atoms with E-state index in [-0.39, 0.29) is 9.90 Å². The van der Waals surface area contributed by atoms with Crippen molar-refractivity contribution in [3.63, 3.8) is 0 Å². The Morgan fingerprint density at radius 1 is 1.45 bits per heavy atom. The largest absolute Gasteiger partial charge is 0.343 e. The molecule has 3 nitrogen and oxygen atoms in total. The summed E-state index contributed by atoms with van der Waals surface area (Å²) in [6, 6.07) is 0. The van der Waals surface area contributed by atoms with Crippen LogP contribution in [-0.2, 0) is 10.2 Å². The number of aryl methyl sites for hydroxylation is 2. The van der Waals surface area contributed by atoms with Gasteiger partial charge in [0.15, 0.2) is 4.21 Å². The van der Waals surface area contributed by atoms with E-state index in [1.165, 1.54) is 6.92 Å². The van der Waals surface area contributed by atoms with Crippen molar-refractivity contribution in [3.05, 3.63) is 10.7 Å². The van der Waals surface area contributed by atoms with Gasteiger partial charge in [-0.2, -0.15) is 8.42 Å². The lowest BCUT2D eigenvalue weighted by Gasteiger charge is -1.86. The van der Waals surface area contributed by atoms with Gasteiger partial charge in [0.25, 0.3) is 0 Å². The predicted molar refractivity (Wildman–Crippen MR) is 39.9 cm³/mol. The van der Waals surface area contributed by atoms with Crippen LogP contribution < -0.4 is 0 Å². The van der Waals surface area contributed by atoms with Crippen LogP contribution in [0.3, 0.4) is 0 Å². The fourth-order valence-electron chi connectivity index (χ4n) is 0.739. The van der Waals surface area contributed by atoms with Crippen LogP contribution in [0.15, 0.2) is 4.21 Å². The first-order valence-corrected chi connectivity index (χ1v) is 5.00. The van der Waals surface area contributed by atoms with Crippen molar-refractivity contribution in [3.8, 4) is 0 Å². The van der Waals surface area contributed by atoms with Gasteiger partial charge in [0.2, 0.25) is 0 Å². The maximum Gasteiger partial charge on any atom is 0.343 e. The van der Waals surface area contributed by atoms with Crippen LogP contribution in [0.1, 0.15) is 10.7 Å². The molecule has 0 spiro atoms. The van der Waals surface area contributed by atoms with Crippen molar-refractivity contribution in [2.75, 3.05) is 0 Å². The monoisotopic (exact) mass is 195 g/mol. The lowest BCUT2D eigenvalue weighted by Crippen LogP contribution is -1.90. The van der Waals surface area contributed by atoms with E-state index in [4.69, 9.17) is 0 Å². The summed E-state index contributed by atoms with van der Waals surface area (Å²) >= 11 is 0.847. The summed E-state index contributed by atoms with van der Waals surface area (Å²) < 4.78 is 32.8. The molecule has 62 valence electrons. The fraction of sp³-hybridized carbons (Fsp3) is 0.400. The summed E-state index contributed by atoms with van der Waals surface area (Å²) in [6.45, 7) is 3.10. The normalized spacial score (nSPS) is 11.9. The molecular weight excluding hydrogens is 189 g/mol. The molecule has 0 atom stereocenters. The molecule has 1 aromatic rings. The molecule has 0 aliphatic rings. The third-order valence-electron chi connectivity index (χ3n) is 1.08. The summed E-state index contributed by atoms with van der Waals surface area (Å²) in [4.78, 5) is 3.78. The summed E-state index contributed by atoms with van der Waals surface area (Å²) in [5.74, 6) is 0. The van der Waals surface area contributed by atoms with Crippen LogP contribution in [0, 0.1) is 13.8 Å². The first-order chi connectivity index (χ1) is 4.91. The van der Waals surface area contributed by atoms with Crippen LogP contribution in [0.5, 0.6) is 0 Å². The van der Waals surface area contributed by atoms with E-state index in [0.29, 0.717) is 5.01 Å². The van der Waals surface area contributed by atoms with Gasteiger partial charge in [0.05, 0.1) is 10.7 Å². The second-order valence-corrected chi connectivity index (χ2v) is 4.79. The smallest absolute Gasteiger partial charge is 0.245 e. The number of thiazole rings is 1. The zero-order valence-corrected chi connectivity index (χ0v) is 7.59. The van der Waals surface area contributed by atoms with Gasteiger partial charge in [-0.25, -0.2) is 4.98 Å². The van der Waals surface area contributed by atoms with Gasteiger partial charge >= 0.3 is 10.2 Å². The first-order valence-electron chi connectivity index (χ1n) is 2.80. The highest BCUT2D eigenvalue weighted by Gasteiger charge is 2.18. The Morgan fingerprint density at radius 3 is 2.18 bits per heavy atom. The van der Waals surface area contributed by atoms with E-state index in [9.17, 15) is 12.3 Å². The molecule has 11 heavy (non-hydrogen) atoms. The quantitative estimate of drug-likeness (QED) is 0.637. The van der Waals surface area contributed by atoms with Crippen molar-refractivity contribution in [1.29, 1.82) is 0 Å². The molecule has 0 aromatic carbocycles. The molecule has 0 amide bonds. The topological polar surface area (TPSA) is 47.0 Å². The Hall–Kier alpha value is -0.490. The Bertz CT molecular complexity index is 368. The maximum atomic E-state index is 12.3. The number of hydrogen-bond acceptors (Lipinski definition) is 4. The molecule has 0 saturated carbocycles. The highest BCUT2D eigenvalue weighted by Crippen LogP contribution is 2.24. The lowest BCUT2D eigenvalue weighted by molar-refractivity contribution is 0.553. The Kier molecular flexibility index (Phi) is 1.98. The second kappa shape index (κ2) is 2.53. The van der Waals surface area contributed by atoms with Gasteiger partial charge in [-0.1, -0.05) is 3.89 Å². The molecule has 0 unspecified atom stereocenters. The highest BCUT2D eigenvalue weighted by atomic mass is 32.3. The van der Waals surface area contributed by atoms with Gasteiger partial charge in [-0.3, -0.25) is 0 Å². The molecular formula is C5H6FNO2S2.